The maximum Gasteiger partial charge on any atom is 0.187 e. The maximum atomic E-state index is 6.67. The lowest BCUT2D eigenvalue weighted by Crippen LogP contribution is -2.67. The molecule has 2 rings (SSSR count). The van der Waals surface area contributed by atoms with Gasteiger partial charge in [-0.05, 0) is 0 Å². The summed E-state index contributed by atoms with van der Waals surface area (Å²) < 4.78 is 94.8. The van der Waals surface area contributed by atoms with Crippen molar-refractivity contribution in [3.63, 3.8) is 0 Å². The Labute approximate surface area is 273 Å². The first-order valence-corrected chi connectivity index (χ1v) is 15.1. The molecule has 2 aliphatic rings. The van der Waals surface area contributed by atoms with E-state index in [0.29, 0.717) is 0 Å². The lowest BCUT2D eigenvalue weighted by atomic mass is 9.96. The number of rotatable bonds is 23. The average molecular weight is 675 g/mol. The normalized spacial score (nSPS) is 34.7. The molecule has 0 aliphatic carbocycles. The Morgan fingerprint density at radius 1 is 0.435 bits per heavy atom. The fourth-order valence-electron chi connectivity index (χ4n) is 6.16. The molecule has 0 spiro atoms. The largest absolute Gasteiger partial charge is 0.382 e. The van der Waals surface area contributed by atoms with Crippen molar-refractivity contribution >= 4 is 0 Å². The minimum absolute atomic E-state index is 0.121. The van der Waals surface area contributed by atoms with Crippen LogP contribution in [-0.4, -0.2) is 198 Å². The zero-order chi connectivity index (χ0) is 34.2. The van der Waals surface area contributed by atoms with Crippen molar-refractivity contribution in [2.45, 2.75) is 85.8 Å². The van der Waals surface area contributed by atoms with Crippen LogP contribution in [0.1, 0.15) is 0 Å². The van der Waals surface area contributed by atoms with Gasteiger partial charge in [0.1, 0.15) is 73.2 Å². The van der Waals surface area contributed by atoms with E-state index in [2.05, 4.69) is 0 Å². The molecule has 0 aromatic rings. The molecule has 0 amide bonds. The van der Waals surface area contributed by atoms with Gasteiger partial charge in [-0.3, -0.25) is 0 Å². The number of ether oxygens (including phenoxy) is 16. The quantitative estimate of drug-likeness (QED) is 0.142. The summed E-state index contributed by atoms with van der Waals surface area (Å²) in [5.74, 6) is 0. The molecule has 2 aliphatic heterocycles. The van der Waals surface area contributed by atoms with E-state index in [4.69, 9.17) is 75.8 Å². The molecule has 16 heteroatoms. The molecule has 9 unspecified atom stereocenters. The SMILES string of the molecule is COCC(OC)C(OC)C(OC1OC(COC)C(O[C@@H]2O[C@H](COC)[C@@H](OC)[C@H](OC)[C@H]2OC)C(OC)C1OC)C(COC)OC. The van der Waals surface area contributed by atoms with E-state index in [9.17, 15) is 0 Å². The minimum Gasteiger partial charge on any atom is -0.382 e. The highest BCUT2D eigenvalue weighted by Gasteiger charge is 2.54. The number of hydrogen-bond acceptors (Lipinski definition) is 16. The zero-order valence-electron chi connectivity index (χ0n) is 29.4. The van der Waals surface area contributed by atoms with Gasteiger partial charge in [0.15, 0.2) is 12.6 Å². The van der Waals surface area contributed by atoms with Gasteiger partial charge in [0, 0.05) is 85.3 Å². The van der Waals surface area contributed by atoms with Crippen LogP contribution in [0, 0.1) is 0 Å². The third kappa shape index (κ3) is 10.2. The monoisotopic (exact) mass is 674 g/mol. The molecule has 0 aromatic carbocycles. The van der Waals surface area contributed by atoms with Crippen molar-refractivity contribution in [3.05, 3.63) is 0 Å². The van der Waals surface area contributed by atoms with Crippen molar-refractivity contribution in [1.82, 2.24) is 0 Å². The Kier molecular flexibility index (Phi) is 20.0. The van der Waals surface area contributed by atoms with Crippen molar-refractivity contribution < 1.29 is 75.8 Å². The van der Waals surface area contributed by atoms with Crippen molar-refractivity contribution in [2.75, 3.05) is 112 Å². The first-order valence-electron chi connectivity index (χ1n) is 15.1. The van der Waals surface area contributed by atoms with Crippen LogP contribution in [0.15, 0.2) is 0 Å². The number of methoxy groups -OCH3 is 12. The molecule has 274 valence electrons. The average Bonchev–Trinajstić information content (AvgIpc) is 3.07. The van der Waals surface area contributed by atoms with Gasteiger partial charge >= 0.3 is 0 Å². The lowest BCUT2D eigenvalue weighted by molar-refractivity contribution is -0.375. The van der Waals surface area contributed by atoms with Gasteiger partial charge in [-0.15, -0.1) is 0 Å². The molecule has 16 nitrogen and oxygen atoms in total. The summed E-state index contributed by atoms with van der Waals surface area (Å²) in [5.41, 5.74) is 0. The van der Waals surface area contributed by atoms with E-state index in [1.807, 2.05) is 0 Å². The van der Waals surface area contributed by atoms with E-state index in [-0.39, 0.29) is 26.4 Å². The highest BCUT2D eigenvalue weighted by molar-refractivity contribution is 4.97. The van der Waals surface area contributed by atoms with Gasteiger partial charge in [0.25, 0.3) is 0 Å². The van der Waals surface area contributed by atoms with Crippen LogP contribution in [0.5, 0.6) is 0 Å². The summed E-state index contributed by atoms with van der Waals surface area (Å²) in [6, 6.07) is 0. The third-order valence-electron chi connectivity index (χ3n) is 8.38. The topological polar surface area (TPSA) is 148 Å². The van der Waals surface area contributed by atoms with E-state index in [1.165, 1.54) is 7.11 Å². The standard InChI is InChI=1S/C30H58O16/c1-31-13-17(35-5)21(37-7)23(18(36-6)14-32-2)45-30-28(42-12)26(40-10)24(20(44-30)16-34-4)46-29-27(41-11)25(39-9)22(38-8)19(43-29)15-33-3/h17-30H,13-16H2,1-12H3/t17?,18?,19-,20?,21?,22-,23?,24?,25+,26?,27-,28?,29+,30?/m1/s1. The molecule has 0 radical (unpaired) electrons. The molecule has 14 atom stereocenters. The van der Waals surface area contributed by atoms with Gasteiger partial charge in [-0.25, -0.2) is 0 Å². The second-order valence-corrected chi connectivity index (χ2v) is 10.9. The van der Waals surface area contributed by atoms with Crippen molar-refractivity contribution in [2.24, 2.45) is 0 Å². The van der Waals surface area contributed by atoms with Gasteiger partial charge < -0.3 is 75.8 Å². The Morgan fingerprint density at radius 2 is 0.870 bits per heavy atom. The molecule has 2 saturated heterocycles. The minimum atomic E-state index is -0.997. The van der Waals surface area contributed by atoms with Crippen LogP contribution in [0.4, 0.5) is 0 Å². The Morgan fingerprint density at radius 3 is 1.30 bits per heavy atom. The van der Waals surface area contributed by atoms with Crippen molar-refractivity contribution in [3.8, 4) is 0 Å². The van der Waals surface area contributed by atoms with Crippen LogP contribution in [0.25, 0.3) is 0 Å². The predicted octanol–water partition coefficient (Wildman–Crippen LogP) is -0.0878. The predicted molar refractivity (Wildman–Crippen MR) is 161 cm³/mol. The van der Waals surface area contributed by atoms with Gasteiger partial charge in [-0.2, -0.15) is 0 Å². The third-order valence-corrected chi connectivity index (χ3v) is 8.38. The van der Waals surface area contributed by atoms with Crippen LogP contribution < -0.4 is 0 Å². The highest BCUT2D eigenvalue weighted by Crippen LogP contribution is 2.35. The van der Waals surface area contributed by atoms with E-state index >= 15 is 0 Å². The van der Waals surface area contributed by atoms with Gasteiger partial charge in [-0.1, -0.05) is 0 Å². The molecule has 0 saturated carbocycles. The summed E-state index contributed by atoms with van der Waals surface area (Å²) in [7, 11) is 18.8. The Hall–Kier alpha value is -0.640. The van der Waals surface area contributed by atoms with Crippen molar-refractivity contribution in [1.29, 1.82) is 0 Å². The Bertz CT molecular complexity index is 781. The lowest BCUT2D eigenvalue weighted by Gasteiger charge is -2.50. The van der Waals surface area contributed by atoms with Gasteiger partial charge in [0.05, 0.1) is 26.4 Å². The summed E-state index contributed by atoms with van der Waals surface area (Å²) >= 11 is 0. The molecule has 2 heterocycles. The molecule has 46 heavy (non-hydrogen) atoms. The second-order valence-electron chi connectivity index (χ2n) is 10.9. The summed E-state index contributed by atoms with van der Waals surface area (Å²) in [5, 5.41) is 0. The fourth-order valence-corrected chi connectivity index (χ4v) is 6.16. The molecule has 0 bridgehead atoms. The Balaban J connectivity index is 2.48. The summed E-state index contributed by atoms with van der Waals surface area (Å²) in [6.45, 7) is 0.783. The summed E-state index contributed by atoms with van der Waals surface area (Å²) in [4.78, 5) is 0. The fraction of sp³-hybridized carbons (Fsp3) is 1.00. The molecular weight excluding hydrogens is 616 g/mol. The number of hydrogen-bond donors (Lipinski definition) is 0. The molecular formula is C30H58O16. The maximum absolute atomic E-state index is 6.67. The van der Waals surface area contributed by atoms with E-state index in [0.717, 1.165) is 0 Å². The first-order chi connectivity index (χ1) is 22.3. The molecule has 2 fully saturated rings. The van der Waals surface area contributed by atoms with Crippen LogP contribution >= 0.6 is 0 Å². The van der Waals surface area contributed by atoms with Gasteiger partial charge in [0.2, 0.25) is 0 Å². The van der Waals surface area contributed by atoms with E-state index < -0.39 is 85.8 Å². The smallest absolute Gasteiger partial charge is 0.187 e. The first kappa shape index (κ1) is 41.5. The van der Waals surface area contributed by atoms with E-state index in [1.54, 1.807) is 78.2 Å². The second kappa shape index (κ2) is 22.2. The van der Waals surface area contributed by atoms with Crippen LogP contribution in [0.2, 0.25) is 0 Å². The molecule has 0 N–H and O–H groups in total. The highest BCUT2D eigenvalue weighted by atomic mass is 16.8. The molecule has 0 aromatic heterocycles. The zero-order valence-corrected chi connectivity index (χ0v) is 29.4. The van der Waals surface area contributed by atoms with Crippen LogP contribution in [-0.2, 0) is 75.8 Å². The summed E-state index contributed by atoms with van der Waals surface area (Å²) in [6.07, 6.45) is -9.65. The van der Waals surface area contributed by atoms with Crippen LogP contribution in [0.3, 0.4) is 0 Å².